The Morgan fingerprint density at radius 1 is 0.629 bits per heavy atom. The zero-order valence-electron chi connectivity index (χ0n) is 18.3. The highest BCUT2D eigenvalue weighted by atomic mass is 16.6. The second kappa shape index (κ2) is 9.53. The van der Waals surface area contributed by atoms with Crippen molar-refractivity contribution in [2.24, 2.45) is 5.90 Å². The van der Waals surface area contributed by atoms with E-state index in [0.29, 0.717) is 38.9 Å². The summed E-state index contributed by atoms with van der Waals surface area (Å²) in [6.07, 6.45) is 22.5. The Balaban J connectivity index is 2.02. The molecule has 0 aliphatic rings. The van der Waals surface area contributed by atoms with E-state index < -0.39 is 0 Å². The van der Waals surface area contributed by atoms with Gasteiger partial charge >= 0.3 is 0 Å². The quantitative estimate of drug-likeness (QED) is 0.362. The van der Waals surface area contributed by atoms with Gasteiger partial charge in [-0.15, -0.1) is 25.7 Å². The van der Waals surface area contributed by atoms with Gasteiger partial charge in [0.1, 0.15) is 5.75 Å². The van der Waals surface area contributed by atoms with Crippen molar-refractivity contribution in [1.29, 1.82) is 0 Å². The van der Waals surface area contributed by atoms with Crippen molar-refractivity contribution in [3.8, 4) is 95.0 Å². The number of nitrogens with zero attached hydrogens (tertiary/aromatic N) is 3. The summed E-state index contributed by atoms with van der Waals surface area (Å²) in [4.78, 5) is 18.5. The minimum Gasteiger partial charge on any atom is -0.507 e. The van der Waals surface area contributed by atoms with Crippen LogP contribution in [0.4, 0.5) is 0 Å². The molecule has 35 heavy (non-hydrogen) atoms. The van der Waals surface area contributed by atoms with Gasteiger partial charge in [0.15, 0.2) is 23.2 Å². The third-order valence-corrected chi connectivity index (χ3v) is 5.15. The van der Waals surface area contributed by atoms with Crippen molar-refractivity contribution in [1.82, 2.24) is 15.0 Å². The first kappa shape index (κ1) is 22.7. The number of hydrogen-bond donors (Lipinski definition) is 2. The summed E-state index contributed by atoms with van der Waals surface area (Å²) in [6.45, 7) is 0. The summed E-state index contributed by atoms with van der Waals surface area (Å²) in [5.74, 6) is 16.4. The molecule has 0 bridgehead atoms. The van der Waals surface area contributed by atoms with E-state index in [1.54, 1.807) is 48.5 Å². The van der Waals surface area contributed by atoms with Gasteiger partial charge in [-0.3, -0.25) is 0 Å². The van der Waals surface area contributed by atoms with E-state index in [2.05, 4.69) is 43.5 Å². The average Bonchev–Trinajstić information content (AvgIpc) is 2.91. The van der Waals surface area contributed by atoms with Gasteiger partial charge in [-0.2, -0.15) is 5.90 Å². The molecule has 1 heterocycles. The minimum absolute atomic E-state index is 0.143. The predicted molar refractivity (Wildman–Crippen MR) is 134 cm³/mol. The highest BCUT2D eigenvalue weighted by Crippen LogP contribution is 2.33. The van der Waals surface area contributed by atoms with Crippen molar-refractivity contribution >= 4 is 0 Å². The van der Waals surface area contributed by atoms with Crippen LogP contribution in [-0.2, 0) is 0 Å². The van der Waals surface area contributed by atoms with E-state index in [1.165, 1.54) is 6.07 Å². The summed E-state index contributed by atoms with van der Waals surface area (Å²) in [6, 6.07) is 14.8. The van der Waals surface area contributed by atoms with Crippen LogP contribution in [0.25, 0.3) is 34.2 Å². The molecule has 3 aromatic carbocycles. The smallest absolute Gasteiger partial charge is 0.167 e. The monoisotopic (exact) mass is 452 g/mol. The maximum atomic E-state index is 10.6. The van der Waals surface area contributed by atoms with Crippen molar-refractivity contribution in [3.63, 3.8) is 0 Å². The number of phenols is 1. The lowest BCUT2D eigenvalue weighted by Gasteiger charge is -2.12. The van der Waals surface area contributed by atoms with Crippen LogP contribution in [0.1, 0.15) is 22.3 Å². The van der Waals surface area contributed by atoms with E-state index in [0.717, 1.165) is 0 Å². The van der Waals surface area contributed by atoms with Crippen LogP contribution in [0, 0.1) is 49.4 Å². The normalized spacial score (nSPS) is 9.86. The molecule has 0 saturated carbocycles. The van der Waals surface area contributed by atoms with Crippen molar-refractivity contribution < 1.29 is 9.94 Å². The van der Waals surface area contributed by atoms with Crippen LogP contribution in [0.15, 0.2) is 54.6 Å². The molecule has 6 nitrogen and oxygen atoms in total. The van der Waals surface area contributed by atoms with Gasteiger partial charge in [0.2, 0.25) is 0 Å². The molecule has 0 fully saturated rings. The first-order valence-electron chi connectivity index (χ1n) is 10.1. The Morgan fingerprint density at radius 3 is 1.49 bits per heavy atom. The lowest BCUT2D eigenvalue weighted by Crippen LogP contribution is -2.04. The van der Waals surface area contributed by atoms with Crippen LogP contribution in [0.3, 0.4) is 0 Å². The van der Waals surface area contributed by atoms with E-state index in [4.69, 9.17) is 31.6 Å². The second-order valence-electron chi connectivity index (χ2n) is 7.20. The molecule has 0 spiro atoms. The van der Waals surface area contributed by atoms with E-state index in [-0.39, 0.29) is 29.0 Å². The Bertz CT molecular complexity index is 1550. The van der Waals surface area contributed by atoms with Crippen LogP contribution in [-0.4, -0.2) is 20.1 Å². The summed E-state index contributed by atoms with van der Waals surface area (Å²) in [5, 5.41) is 10.6. The zero-order chi connectivity index (χ0) is 24.9. The number of phenolic OH excluding ortho intramolecular Hbond substituents is 1. The molecule has 0 unspecified atom stereocenters. The molecular formula is C29H16N4O2. The lowest BCUT2D eigenvalue weighted by atomic mass is 10.0. The topological polar surface area (TPSA) is 94.2 Å². The van der Waals surface area contributed by atoms with Crippen LogP contribution < -0.4 is 10.7 Å². The number of aromatic hydroxyl groups is 1. The Kier molecular flexibility index (Phi) is 6.17. The fraction of sp³-hybridized carbons (Fsp3) is 0. The molecule has 0 amide bonds. The largest absolute Gasteiger partial charge is 0.507 e. The summed E-state index contributed by atoms with van der Waals surface area (Å²) in [5.41, 5.74) is 3.66. The average molecular weight is 452 g/mol. The molecule has 0 aliphatic heterocycles. The van der Waals surface area contributed by atoms with Crippen LogP contribution >= 0.6 is 0 Å². The lowest BCUT2D eigenvalue weighted by molar-refractivity contribution is 0.332. The van der Waals surface area contributed by atoms with Gasteiger partial charge in [0.05, 0.1) is 5.56 Å². The number of hydrogen-bond acceptors (Lipinski definition) is 6. The van der Waals surface area contributed by atoms with Crippen molar-refractivity contribution in [2.45, 2.75) is 0 Å². The first-order chi connectivity index (χ1) is 17.0. The molecule has 0 saturated heterocycles. The molecular weight excluding hydrogens is 436 g/mol. The van der Waals surface area contributed by atoms with E-state index >= 15 is 0 Å². The molecule has 1 aromatic heterocycles. The highest BCUT2D eigenvalue weighted by molar-refractivity contribution is 5.75. The number of aromatic nitrogens is 3. The zero-order valence-corrected chi connectivity index (χ0v) is 18.3. The van der Waals surface area contributed by atoms with Crippen LogP contribution in [0.5, 0.6) is 11.5 Å². The van der Waals surface area contributed by atoms with Gasteiger partial charge in [0.25, 0.3) is 0 Å². The summed E-state index contributed by atoms with van der Waals surface area (Å²) >= 11 is 0. The highest BCUT2D eigenvalue weighted by Gasteiger charge is 2.18. The summed E-state index contributed by atoms with van der Waals surface area (Å²) < 4.78 is 0. The van der Waals surface area contributed by atoms with E-state index in [9.17, 15) is 5.11 Å². The van der Waals surface area contributed by atoms with Crippen LogP contribution in [0.2, 0.25) is 0 Å². The molecule has 6 heteroatoms. The van der Waals surface area contributed by atoms with Gasteiger partial charge in [-0.25, -0.2) is 15.0 Å². The van der Waals surface area contributed by atoms with Crippen molar-refractivity contribution in [2.75, 3.05) is 0 Å². The number of rotatable bonds is 4. The molecule has 3 N–H and O–H groups in total. The third-order valence-electron chi connectivity index (χ3n) is 5.15. The molecule has 164 valence electrons. The molecule has 4 aromatic rings. The predicted octanol–water partition coefficient (Wildman–Crippen LogP) is 3.76. The molecule has 0 aliphatic carbocycles. The number of terminal acetylenes is 4. The molecule has 0 atom stereocenters. The van der Waals surface area contributed by atoms with Gasteiger partial charge in [0, 0.05) is 39.4 Å². The SMILES string of the molecule is C#Cc1ccc(-c2nc(-c3ccc(ON)cc3O)nc(-c3ccc(C#C)cc3C#C)n2)c(C#C)c1. The third kappa shape index (κ3) is 4.38. The minimum atomic E-state index is -0.143. The maximum Gasteiger partial charge on any atom is 0.167 e. The van der Waals surface area contributed by atoms with Gasteiger partial charge in [-0.1, -0.05) is 23.7 Å². The fourth-order valence-electron chi connectivity index (χ4n) is 3.41. The first-order valence-corrected chi connectivity index (χ1v) is 10.1. The van der Waals surface area contributed by atoms with Crippen molar-refractivity contribution in [3.05, 3.63) is 76.9 Å². The fourth-order valence-corrected chi connectivity index (χ4v) is 3.41. The van der Waals surface area contributed by atoms with E-state index in [1.807, 2.05) is 0 Å². The Labute approximate surface area is 202 Å². The molecule has 0 radical (unpaired) electrons. The Hall–Kier alpha value is -5.53. The Morgan fingerprint density at radius 2 is 1.09 bits per heavy atom. The maximum absolute atomic E-state index is 10.6. The van der Waals surface area contributed by atoms with Gasteiger partial charge < -0.3 is 9.94 Å². The molecule has 4 rings (SSSR count). The number of benzene rings is 3. The van der Waals surface area contributed by atoms with Gasteiger partial charge in [-0.05, 0) is 48.5 Å². The summed E-state index contributed by atoms with van der Waals surface area (Å²) in [7, 11) is 0. The standard InChI is InChI=1S/C29H16N4O2/c1-5-18-9-12-23(20(7-3)15-18)27-31-28(24-13-10-19(6-2)16-21(24)8-4)33-29(32-27)25-14-11-22(35-30)17-26(25)34/h1-4,9-17,34H,30H2. The second-order valence-corrected chi connectivity index (χ2v) is 7.20. The number of nitrogens with two attached hydrogens (primary N) is 1.